The van der Waals surface area contributed by atoms with Crippen molar-refractivity contribution in [1.29, 1.82) is 0 Å². The zero-order valence-electron chi connectivity index (χ0n) is 10.2. The number of carbonyl (C=O) groups excluding carboxylic acids is 1. The summed E-state index contributed by atoms with van der Waals surface area (Å²) in [4.78, 5) is 22.4. The van der Waals surface area contributed by atoms with Crippen LogP contribution in [0.5, 0.6) is 5.75 Å². The Morgan fingerprint density at radius 3 is 2.53 bits per heavy atom. The van der Waals surface area contributed by atoms with Gasteiger partial charge in [0.05, 0.1) is 0 Å². The molecule has 0 radical (unpaired) electrons. The third kappa shape index (κ3) is 2.30. The van der Waals surface area contributed by atoms with E-state index in [2.05, 4.69) is 4.74 Å². The van der Waals surface area contributed by atoms with E-state index in [-0.39, 0.29) is 24.4 Å². The zero-order valence-corrected chi connectivity index (χ0v) is 10.2. The van der Waals surface area contributed by atoms with Crippen molar-refractivity contribution in [2.24, 2.45) is 0 Å². The van der Waals surface area contributed by atoms with Crippen LogP contribution in [-0.2, 0) is 15.0 Å². The van der Waals surface area contributed by atoms with Gasteiger partial charge in [-0.2, -0.15) is 8.78 Å². The number of carboxylic acids is 1. The fraction of sp³-hybridized carbons (Fsp3) is 0.385. The summed E-state index contributed by atoms with van der Waals surface area (Å²) in [6.07, 6.45) is -0.223. The highest BCUT2D eigenvalue weighted by Gasteiger charge is 2.51. The molecule has 19 heavy (non-hydrogen) atoms. The Morgan fingerprint density at radius 1 is 1.42 bits per heavy atom. The summed E-state index contributed by atoms with van der Waals surface area (Å²) in [5.41, 5.74) is -0.499. The lowest BCUT2D eigenvalue weighted by atomic mass is 9.63. The molecule has 1 aliphatic rings. The number of ketones is 1. The highest BCUT2D eigenvalue weighted by atomic mass is 19.3. The van der Waals surface area contributed by atoms with Gasteiger partial charge in [0.1, 0.15) is 16.9 Å². The topological polar surface area (TPSA) is 63.6 Å². The summed E-state index contributed by atoms with van der Waals surface area (Å²) in [5, 5.41) is 9.26. The fourth-order valence-corrected chi connectivity index (χ4v) is 2.22. The predicted molar refractivity (Wildman–Crippen MR) is 61.4 cm³/mol. The number of aliphatic carboxylic acids is 1. The number of aryl methyl sites for hydroxylation is 1. The van der Waals surface area contributed by atoms with Crippen molar-refractivity contribution in [3.05, 3.63) is 29.3 Å². The lowest BCUT2D eigenvalue weighted by Crippen LogP contribution is -2.48. The van der Waals surface area contributed by atoms with E-state index >= 15 is 0 Å². The quantitative estimate of drug-likeness (QED) is 0.911. The van der Waals surface area contributed by atoms with Gasteiger partial charge in [0.15, 0.2) is 0 Å². The highest BCUT2D eigenvalue weighted by Crippen LogP contribution is 2.43. The molecule has 4 nitrogen and oxygen atoms in total. The van der Waals surface area contributed by atoms with Crippen molar-refractivity contribution in [2.45, 2.75) is 31.8 Å². The second-order valence-electron chi connectivity index (χ2n) is 4.64. The van der Waals surface area contributed by atoms with Crippen LogP contribution in [0.2, 0.25) is 0 Å². The van der Waals surface area contributed by atoms with Gasteiger partial charge in [-0.25, -0.2) is 0 Å². The SMILES string of the molecule is Cc1ccc(C2(C(=O)O)CC(=O)C2)cc1OC(F)F. The van der Waals surface area contributed by atoms with Gasteiger partial charge < -0.3 is 9.84 Å². The van der Waals surface area contributed by atoms with Gasteiger partial charge in [-0.05, 0) is 24.1 Å². The van der Waals surface area contributed by atoms with E-state index in [1.807, 2.05) is 0 Å². The molecule has 0 spiro atoms. The van der Waals surface area contributed by atoms with Crippen molar-refractivity contribution in [2.75, 3.05) is 0 Å². The molecule has 0 atom stereocenters. The molecule has 2 rings (SSSR count). The van der Waals surface area contributed by atoms with Crippen LogP contribution in [0.3, 0.4) is 0 Å². The van der Waals surface area contributed by atoms with Crippen LogP contribution >= 0.6 is 0 Å². The first-order valence-corrected chi connectivity index (χ1v) is 5.66. The molecule has 0 unspecified atom stereocenters. The molecule has 0 saturated heterocycles. The first kappa shape index (κ1) is 13.5. The Bertz CT molecular complexity index is 531. The number of Topliss-reactive ketones (excluding diaryl/α,β-unsaturated/α-hetero) is 1. The zero-order chi connectivity index (χ0) is 14.2. The summed E-state index contributed by atoms with van der Waals surface area (Å²) in [7, 11) is 0. The Labute approximate surface area is 108 Å². The monoisotopic (exact) mass is 270 g/mol. The number of ether oxygens (including phenoxy) is 1. The van der Waals surface area contributed by atoms with Crippen LogP contribution in [-0.4, -0.2) is 23.5 Å². The molecule has 0 heterocycles. The van der Waals surface area contributed by atoms with Gasteiger partial charge in [0.2, 0.25) is 0 Å². The highest BCUT2D eigenvalue weighted by molar-refractivity contribution is 6.01. The van der Waals surface area contributed by atoms with E-state index in [1.165, 1.54) is 18.2 Å². The molecule has 0 aliphatic heterocycles. The van der Waals surface area contributed by atoms with Crippen LogP contribution in [0, 0.1) is 6.92 Å². The van der Waals surface area contributed by atoms with Gasteiger partial charge in [0, 0.05) is 12.8 Å². The Hall–Kier alpha value is -1.98. The molecular weight excluding hydrogens is 258 g/mol. The number of hydrogen-bond donors (Lipinski definition) is 1. The average Bonchev–Trinajstić information content (AvgIpc) is 2.26. The summed E-state index contributed by atoms with van der Waals surface area (Å²) >= 11 is 0. The summed E-state index contributed by atoms with van der Waals surface area (Å²) in [5.74, 6) is -1.34. The van der Waals surface area contributed by atoms with E-state index in [0.717, 1.165) is 0 Å². The normalized spacial score (nSPS) is 17.2. The Balaban J connectivity index is 2.39. The van der Waals surface area contributed by atoms with Crippen molar-refractivity contribution in [3.63, 3.8) is 0 Å². The van der Waals surface area contributed by atoms with Gasteiger partial charge in [-0.15, -0.1) is 0 Å². The first-order valence-electron chi connectivity index (χ1n) is 5.66. The van der Waals surface area contributed by atoms with Gasteiger partial charge in [0.25, 0.3) is 0 Å². The maximum absolute atomic E-state index is 12.3. The van der Waals surface area contributed by atoms with Crippen molar-refractivity contribution >= 4 is 11.8 Å². The molecular formula is C13H12F2O4. The minimum atomic E-state index is -2.97. The molecule has 102 valence electrons. The summed E-state index contributed by atoms with van der Waals surface area (Å²) < 4.78 is 28.8. The van der Waals surface area contributed by atoms with E-state index in [1.54, 1.807) is 6.92 Å². The Kier molecular flexibility index (Phi) is 3.26. The lowest BCUT2D eigenvalue weighted by molar-refractivity contribution is -0.153. The molecule has 6 heteroatoms. The van der Waals surface area contributed by atoms with Gasteiger partial charge >= 0.3 is 12.6 Å². The lowest BCUT2D eigenvalue weighted by Gasteiger charge is -2.36. The molecule has 1 N–H and O–H groups in total. The molecule has 0 aromatic heterocycles. The third-order valence-electron chi connectivity index (χ3n) is 3.36. The molecule has 1 aromatic rings. The van der Waals surface area contributed by atoms with Crippen LogP contribution in [0.15, 0.2) is 18.2 Å². The average molecular weight is 270 g/mol. The van der Waals surface area contributed by atoms with Crippen LogP contribution in [0.4, 0.5) is 8.78 Å². The maximum atomic E-state index is 12.3. The number of rotatable bonds is 4. The van der Waals surface area contributed by atoms with E-state index in [9.17, 15) is 23.5 Å². The number of carboxylic acid groups (broad SMARTS) is 1. The molecule has 1 aromatic carbocycles. The van der Waals surface area contributed by atoms with Crippen LogP contribution in [0.1, 0.15) is 24.0 Å². The van der Waals surface area contributed by atoms with Gasteiger partial charge in [-0.1, -0.05) is 12.1 Å². The smallest absolute Gasteiger partial charge is 0.387 e. The Morgan fingerprint density at radius 2 is 2.05 bits per heavy atom. The third-order valence-corrected chi connectivity index (χ3v) is 3.36. The predicted octanol–water partition coefficient (Wildman–Crippen LogP) is 2.28. The van der Waals surface area contributed by atoms with E-state index in [4.69, 9.17) is 0 Å². The second kappa shape index (κ2) is 4.60. The second-order valence-corrected chi connectivity index (χ2v) is 4.64. The minimum absolute atomic E-state index is 0.0625. The number of benzene rings is 1. The molecule has 1 saturated carbocycles. The molecule has 1 fully saturated rings. The van der Waals surface area contributed by atoms with Crippen molar-refractivity contribution in [3.8, 4) is 5.75 Å². The number of hydrogen-bond acceptors (Lipinski definition) is 3. The van der Waals surface area contributed by atoms with E-state index in [0.29, 0.717) is 11.1 Å². The minimum Gasteiger partial charge on any atom is -0.481 e. The summed E-state index contributed by atoms with van der Waals surface area (Å²) in [6.45, 7) is -1.39. The maximum Gasteiger partial charge on any atom is 0.387 e. The number of carbonyl (C=O) groups is 2. The molecule has 1 aliphatic carbocycles. The van der Waals surface area contributed by atoms with Crippen molar-refractivity contribution < 1.29 is 28.2 Å². The first-order chi connectivity index (χ1) is 8.85. The van der Waals surface area contributed by atoms with Crippen LogP contribution in [0.25, 0.3) is 0 Å². The van der Waals surface area contributed by atoms with Crippen LogP contribution < -0.4 is 4.74 Å². The van der Waals surface area contributed by atoms with Crippen molar-refractivity contribution in [1.82, 2.24) is 0 Å². The number of halogens is 2. The molecule has 0 amide bonds. The van der Waals surface area contributed by atoms with Gasteiger partial charge in [-0.3, -0.25) is 9.59 Å². The fourth-order valence-electron chi connectivity index (χ4n) is 2.22. The standard InChI is InChI=1S/C13H12F2O4/c1-7-2-3-8(4-10(7)19-12(14)15)13(11(17)18)5-9(16)6-13/h2-4,12H,5-6H2,1H3,(H,17,18). The number of alkyl halides is 2. The van der Waals surface area contributed by atoms with E-state index < -0.39 is 18.0 Å². The molecule has 0 bridgehead atoms. The summed E-state index contributed by atoms with van der Waals surface area (Å²) in [6, 6.07) is 4.33. The largest absolute Gasteiger partial charge is 0.481 e.